The second-order valence-corrected chi connectivity index (χ2v) is 10.6. The summed E-state index contributed by atoms with van der Waals surface area (Å²) in [6.45, 7) is 9.49. The normalized spacial score (nSPS) is 12.8. The third-order valence-corrected chi connectivity index (χ3v) is 6.24. The SMILES string of the molecule is CCCCCCN(C(=O)C(CS)NC(=O)OC(C)(C)C)C(C(=O)Nc1ccccc1C)c1ccc(O)cc1. The number of unbranched alkanes of at least 4 members (excludes halogenated alkanes) is 3. The van der Waals surface area contributed by atoms with E-state index in [-0.39, 0.29) is 11.5 Å². The number of anilines is 1. The van der Waals surface area contributed by atoms with Crippen molar-refractivity contribution in [1.82, 2.24) is 10.2 Å². The fourth-order valence-electron chi connectivity index (χ4n) is 3.95. The third-order valence-electron chi connectivity index (χ3n) is 5.88. The van der Waals surface area contributed by atoms with Gasteiger partial charge in [0.2, 0.25) is 5.91 Å². The van der Waals surface area contributed by atoms with Crippen LogP contribution in [0.15, 0.2) is 48.5 Å². The maximum Gasteiger partial charge on any atom is 0.408 e. The van der Waals surface area contributed by atoms with Crippen LogP contribution < -0.4 is 10.6 Å². The van der Waals surface area contributed by atoms with Crippen molar-refractivity contribution in [3.8, 4) is 5.75 Å². The molecular formula is C29H41N3O5S. The Balaban J connectivity index is 2.47. The molecule has 0 saturated carbocycles. The lowest BCUT2D eigenvalue weighted by molar-refractivity contribution is -0.140. The molecule has 0 fully saturated rings. The molecule has 0 aromatic heterocycles. The number of aryl methyl sites for hydroxylation is 1. The number of carbonyl (C=O) groups excluding carboxylic acids is 3. The van der Waals surface area contributed by atoms with Crippen LogP contribution in [-0.2, 0) is 14.3 Å². The first-order valence-electron chi connectivity index (χ1n) is 13.0. The zero-order chi connectivity index (χ0) is 28.3. The minimum absolute atomic E-state index is 0.0191. The Labute approximate surface area is 231 Å². The molecule has 3 N–H and O–H groups in total. The first kappa shape index (κ1) is 31.0. The molecular weight excluding hydrogens is 502 g/mol. The van der Waals surface area contributed by atoms with E-state index in [1.165, 1.54) is 17.0 Å². The van der Waals surface area contributed by atoms with Gasteiger partial charge in [-0.05, 0) is 63.4 Å². The standard InChI is InChI=1S/C29H41N3O5S/c1-6-7-8-11-18-32(27(35)24(19-38)31-28(36)37-29(3,4)5)25(21-14-16-22(33)17-15-21)26(34)30-23-13-10-9-12-20(23)2/h9-10,12-17,24-25,33,38H,6-8,11,18-19H2,1-5H3,(H,30,34)(H,31,36). The number of ether oxygens (including phenoxy) is 1. The van der Waals surface area contributed by atoms with Gasteiger partial charge in [0.15, 0.2) is 0 Å². The van der Waals surface area contributed by atoms with E-state index in [9.17, 15) is 19.5 Å². The molecule has 0 saturated heterocycles. The highest BCUT2D eigenvalue weighted by Crippen LogP contribution is 2.27. The molecule has 208 valence electrons. The number of phenols is 1. The largest absolute Gasteiger partial charge is 0.508 e. The van der Waals surface area contributed by atoms with Crippen molar-refractivity contribution < 1.29 is 24.2 Å². The molecule has 0 radical (unpaired) electrons. The van der Waals surface area contributed by atoms with Crippen molar-refractivity contribution in [2.24, 2.45) is 0 Å². The first-order valence-corrected chi connectivity index (χ1v) is 13.7. The van der Waals surface area contributed by atoms with Gasteiger partial charge in [0.25, 0.3) is 5.91 Å². The maximum absolute atomic E-state index is 13.9. The summed E-state index contributed by atoms with van der Waals surface area (Å²) < 4.78 is 5.35. The predicted molar refractivity (Wildman–Crippen MR) is 154 cm³/mol. The van der Waals surface area contributed by atoms with Crippen molar-refractivity contribution in [3.05, 3.63) is 59.7 Å². The van der Waals surface area contributed by atoms with E-state index in [1.54, 1.807) is 39.0 Å². The van der Waals surface area contributed by atoms with Crippen LogP contribution in [0.25, 0.3) is 0 Å². The van der Waals surface area contributed by atoms with Crippen molar-refractivity contribution in [1.29, 1.82) is 0 Å². The van der Waals surface area contributed by atoms with E-state index in [4.69, 9.17) is 4.74 Å². The fraction of sp³-hybridized carbons (Fsp3) is 0.483. The van der Waals surface area contributed by atoms with Crippen LogP contribution >= 0.6 is 12.6 Å². The zero-order valence-electron chi connectivity index (χ0n) is 23.0. The molecule has 3 amide bonds. The topological polar surface area (TPSA) is 108 Å². The number of rotatable bonds is 12. The number of nitrogens with one attached hydrogen (secondary N) is 2. The summed E-state index contributed by atoms with van der Waals surface area (Å²) in [6.07, 6.45) is 2.84. The lowest BCUT2D eigenvalue weighted by atomic mass is 10.0. The Morgan fingerprint density at radius 1 is 1.03 bits per heavy atom. The van der Waals surface area contributed by atoms with Crippen molar-refractivity contribution >= 4 is 36.2 Å². The quantitative estimate of drug-likeness (QED) is 0.206. The maximum atomic E-state index is 13.9. The Kier molecular flexibility index (Phi) is 12.0. The summed E-state index contributed by atoms with van der Waals surface area (Å²) in [4.78, 5) is 41.7. The fourth-order valence-corrected chi connectivity index (χ4v) is 4.20. The summed E-state index contributed by atoms with van der Waals surface area (Å²) in [5.41, 5.74) is 1.31. The summed E-state index contributed by atoms with van der Waals surface area (Å²) >= 11 is 4.32. The first-order chi connectivity index (χ1) is 18.0. The minimum Gasteiger partial charge on any atom is -0.508 e. The zero-order valence-corrected chi connectivity index (χ0v) is 23.9. The highest BCUT2D eigenvalue weighted by atomic mass is 32.1. The van der Waals surface area contributed by atoms with Gasteiger partial charge in [0.05, 0.1) is 0 Å². The van der Waals surface area contributed by atoms with E-state index >= 15 is 0 Å². The number of aromatic hydroxyl groups is 1. The molecule has 0 aliphatic carbocycles. The molecule has 2 aromatic carbocycles. The van der Waals surface area contributed by atoms with Gasteiger partial charge in [-0.15, -0.1) is 0 Å². The Morgan fingerprint density at radius 3 is 2.26 bits per heavy atom. The van der Waals surface area contributed by atoms with Crippen LogP contribution in [0.3, 0.4) is 0 Å². The second kappa shape index (κ2) is 14.7. The summed E-state index contributed by atoms with van der Waals surface area (Å²) in [5.74, 6) is -0.775. The molecule has 0 spiro atoms. The average Bonchev–Trinajstić information content (AvgIpc) is 2.85. The highest BCUT2D eigenvalue weighted by Gasteiger charge is 2.36. The molecule has 0 aliphatic rings. The van der Waals surface area contributed by atoms with Crippen molar-refractivity contribution in [3.63, 3.8) is 0 Å². The summed E-state index contributed by atoms with van der Waals surface area (Å²) in [5, 5.41) is 15.4. The van der Waals surface area contributed by atoms with E-state index in [2.05, 4.69) is 30.2 Å². The van der Waals surface area contributed by atoms with E-state index in [1.807, 2.05) is 25.1 Å². The number of hydrogen-bond donors (Lipinski definition) is 4. The smallest absolute Gasteiger partial charge is 0.408 e. The van der Waals surface area contributed by atoms with Gasteiger partial charge in [0.1, 0.15) is 23.4 Å². The number of nitrogens with zero attached hydrogens (tertiary/aromatic N) is 1. The van der Waals surface area contributed by atoms with Crippen LogP contribution in [0.1, 0.15) is 70.5 Å². The van der Waals surface area contributed by atoms with Gasteiger partial charge in [-0.2, -0.15) is 12.6 Å². The Morgan fingerprint density at radius 2 is 1.68 bits per heavy atom. The summed E-state index contributed by atoms with van der Waals surface area (Å²) in [6, 6.07) is 11.6. The number of carbonyl (C=O) groups is 3. The second-order valence-electron chi connectivity index (χ2n) is 10.3. The Bertz CT molecular complexity index is 1070. The molecule has 0 aliphatic heterocycles. The molecule has 2 atom stereocenters. The van der Waals surface area contributed by atoms with Gasteiger partial charge in [-0.25, -0.2) is 4.79 Å². The number of benzene rings is 2. The van der Waals surface area contributed by atoms with Gasteiger partial charge >= 0.3 is 6.09 Å². The van der Waals surface area contributed by atoms with Gasteiger partial charge in [-0.3, -0.25) is 9.59 Å². The summed E-state index contributed by atoms with van der Waals surface area (Å²) in [7, 11) is 0. The number of alkyl carbamates (subject to hydrolysis) is 1. The Hall–Kier alpha value is -3.20. The molecule has 38 heavy (non-hydrogen) atoms. The van der Waals surface area contributed by atoms with E-state index in [0.29, 0.717) is 24.2 Å². The van der Waals surface area contributed by atoms with Crippen LogP contribution in [0, 0.1) is 6.92 Å². The number of phenolic OH excluding ortho intramolecular Hbond substituents is 1. The van der Waals surface area contributed by atoms with Crippen molar-refractivity contribution in [2.75, 3.05) is 17.6 Å². The molecule has 2 rings (SSSR count). The number of para-hydroxylation sites is 1. The van der Waals surface area contributed by atoms with Gasteiger partial charge in [-0.1, -0.05) is 56.5 Å². The average molecular weight is 544 g/mol. The monoisotopic (exact) mass is 543 g/mol. The van der Waals surface area contributed by atoms with E-state index < -0.39 is 35.6 Å². The number of amides is 3. The molecule has 2 unspecified atom stereocenters. The lowest BCUT2D eigenvalue weighted by Crippen LogP contribution is -2.53. The lowest BCUT2D eigenvalue weighted by Gasteiger charge is -2.34. The van der Waals surface area contributed by atoms with Gasteiger partial charge < -0.3 is 25.4 Å². The molecule has 2 aromatic rings. The number of thiol groups is 1. The number of hydrogen-bond acceptors (Lipinski definition) is 6. The third kappa shape index (κ3) is 9.59. The van der Waals surface area contributed by atoms with Crippen molar-refractivity contribution in [2.45, 2.75) is 78.0 Å². The highest BCUT2D eigenvalue weighted by molar-refractivity contribution is 7.80. The molecule has 0 heterocycles. The molecule has 0 bridgehead atoms. The molecule has 9 heteroatoms. The van der Waals surface area contributed by atoms with Gasteiger partial charge in [0, 0.05) is 18.0 Å². The molecule has 8 nitrogen and oxygen atoms in total. The van der Waals surface area contributed by atoms with Crippen LogP contribution in [0.4, 0.5) is 10.5 Å². The van der Waals surface area contributed by atoms with Crippen LogP contribution in [-0.4, -0.2) is 51.9 Å². The van der Waals surface area contributed by atoms with E-state index in [0.717, 1.165) is 24.8 Å². The minimum atomic E-state index is -1.01. The predicted octanol–water partition coefficient (Wildman–Crippen LogP) is 5.61. The van der Waals surface area contributed by atoms with Crippen LogP contribution in [0.2, 0.25) is 0 Å². The van der Waals surface area contributed by atoms with Crippen LogP contribution in [0.5, 0.6) is 5.75 Å².